The summed E-state index contributed by atoms with van der Waals surface area (Å²) in [6.07, 6.45) is 2.52. The summed E-state index contributed by atoms with van der Waals surface area (Å²) in [5.41, 5.74) is 2.19. The second kappa shape index (κ2) is 6.20. The zero-order valence-corrected chi connectivity index (χ0v) is 12.1. The largest absolute Gasteiger partial charge is 0.392 e. The molecule has 0 bridgehead atoms. The number of imidazole rings is 1. The molecule has 104 valence electrons. The predicted octanol–water partition coefficient (Wildman–Crippen LogP) is 3.40. The van der Waals surface area contributed by atoms with Crippen LogP contribution in [0.3, 0.4) is 0 Å². The number of para-hydroxylation sites is 2. The van der Waals surface area contributed by atoms with Gasteiger partial charge in [-0.25, -0.2) is 4.98 Å². The van der Waals surface area contributed by atoms with Gasteiger partial charge in [0.1, 0.15) is 5.82 Å². The summed E-state index contributed by atoms with van der Waals surface area (Å²) in [7, 11) is 0. The number of aliphatic hydroxyl groups excluding tert-OH is 1. The van der Waals surface area contributed by atoms with Gasteiger partial charge < -0.3 is 9.67 Å². The van der Waals surface area contributed by atoms with Crippen molar-refractivity contribution in [1.82, 2.24) is 9.55 Å². The van der Waals surface area contributed by atoms with Crippen LogP contribution in [0.5, 0.6) is 0 Å². The van der Waals surface area contributed by atoms with E-state index in [1.165, 1.54) is 0 Å². The molecule has 1 heterocycles. The number of fused-ring (bicyclic) bond motifs is 1. The Bertz CT molecular complexity index is 533. The second-order valence-corrected chi connectivity index (χ2v) is 5.30. The Kier molecular flexibility index (Phi) is 4.59. The lowest BCUT2D eigenvalue weighted by Gasteiger charge is -2.18. The maximum atomic E-state index is 10.3. The van der Waals surface area contributed by atoms with Crippen LogP contribution in [0.1, 0.15) is 39.4 Å². The second-order valence-electron chi connectivity index (χ2n) is 5.30. The molecule has 0 aliphatic rings. The van der Waals surface area contributed by atoms with E-state index in [1.54, 1.807) is 0 Å². The summed E-state index contributed by atoms with van der Waals surface area (Å²) in [5.74, 6) is 1.33. The minimum atomic E-state index is -0.304. The van der Waals surface area contributed by atoms with Gasteiger partial charge >= 0.3 is 0 Å². The van der Waals surface area contributed by atoms with Crippen molar-refractivity contribution in [2.24, 2.45) is 5.92 Å². The van der Waals surface area contributed by atoms with Gasteiger partial charge in [0.25, 0.3) is 0 Å². The van der Waals surface area contributed by atoms with E-state index < -0.39 is 0 Å². The Morgan fingerprint density at radius 1 is 1.26 bits per heavy atom. The number of aliphatic hydroxyl groups is 1. The SMILES string of the molecule is CCCC(C)C(O)Cc1nc2ccccc2n1CC. The molecule has 0 spiro atoms. The Morgan fingerprint density at radius 3 is 2.68 bits per heavy atom. The highest BCUT2D eigenvalue weighted by molar-refractivity contribution is 5.75. The van der Waals surface area contributed by atoms with Gasteiger partial charge in [-0.1, -0.05) is 32.4 Å². The van der Waals surface area contributed by atoms with E-state index in [-0.39, 0.29) is 6.10 Å². The van der Waals surface area contributed by atoms with Gasteiger partial charge in [0.05, 0.1) is 17.1 Å². The van der Waals surface area contributed by atoms with Crippen LogP contribution in [0, 0.1) is 5.92 Å². The van der Waals surface area contributed by atoms with E-state index in [0.29, 0.717) is 12.3 Å². The van der Waals surface area contributed by atoms with Crippen molar-refractivity contribution in [2.45, 2.75) is 52.7 Å². The standard InChI is InChI=1S/C16H24N2O/c1-4-8-12(3)15(19)11-16-17-13-9-6-7-10-14(13)18(16)5-2/h6-7,9-10,12,15,19H,4-5,8,11H2,1-3H3. The normalized spacial score (nSPS) is 14.7. The zero-order valence-electron chi connectivity index (χ0n) is 12.1. The van der Waals surface area contributed by atoms with Crippen molar-refractivity contribution < 1.29 is 5.11 Å². The Labute approximate surface area is 115 Å². The van der Waals surface area contributed by atoms with E-state index in [9.17, 15) is 5.11 Å². The Morgan fingerprint density at radius 2 is 2.00 bits per heavy atom. The Hall–Kier alpha value is -1.35. The zero-order chi connectivity index (χ0) is 13.8. The van der Waals surface area contributed by atoms with Crippen LogP contribution in [0.15, 0.2) is 24.3 Å². The number of rotatable bonds is 6. The van der Waals surface area contributed by atoms with Crippen LogP contribution < -0.4 is 0 Å². The van der Waals surface area contributed by atoms with Crippen molar-refractivity contribution in [3.63, 3.8) is 0 Å². The maximum absolute atomic E-state index is 10.3. The first-order chi connectivity index (χ1) is 9.17. The average molecular weight is 260 g/mol. The van der Waals surface area contributed by atoms with Crippen LogP contribution in [-0.2, 0) is 13.0 Å². The molecule has 0 saturated carbocycles. The third kappa shape index (κ3) is 2.98. The molecular weight excluding hydrogens is 236 g/mol. The van der Waals surface area contributed by atoms with Gasteiger partial charge in [0.2, 0.25) is 0 Å². The van der Waals surface area contributed by atoms with E-state index in [4.69, 9.17) is 0 Å². The van der Waals surface area contributed by atoms with Crippen LogP contribution >= 0.6 is 0 Å². The van der Waals surface area contributed by atoms with Gasteiger partial charge in [-0.3, -0.25) is 0 Å². The summed E-state index contributed by atoms with van der Waals surface area (Å²) in [6.45, 7) is 7.29. The predicted molar refractivity (Wildman–Crippen MR) is 79.2 cm³/mol. The van der Waals surface area contributed by atoms with E-state index in [1.807, 2.05) is 18.2 Å². The highest BCUT2D eigenvalue weighted by Crippen LogP contribution is 2.20. The first-order valence-electron chi connectivity index (χ1n) is 7.29. The quantitative estimate of drug-likeness (QED) is 0.864. The fraction of sp³-hybridized carbons (Fsp3) is 0.562. The third-order valence-corrected chi connectivity index (χ3v) is 3.84. The molecule has 1 N–H and O–H groups in total. The highest BCUT2D eigenvalue weighted by atomic mass is 16.3. The molecule has 0 amide bonds. The van der Waals surface area contributed by atoms with Crippen LogP contribution in [0.4, 0.5) is 0 Å². The first kappa shape index (κ1) is 14.1. The summed E-state index contributed by atoms with van der Waals surface area (Å²) in [6, 6.07) is 8.18. The van der Waals surface area contributed by atoms with Crippen LogP contribution in [-0.4, -0.2) is 20.8 Å². The van der Waals surface area contributed by atoms with Crippen molar-refractivity contribution in [1.29, 1.82) is 0 Å². The topological polar surface area (TPSA) is 38.1 Å². The summed E-state index contributed by atoms with van der Waals surface area (Å²) in [5, 5.41) is 10.3. The fourth-order valence-corrected chi connectivity index (χ4v) is 2.67. The molecule has 3 nitrogen and oxygen atoms in total. The number of nitrogens with zero attached hydrogens (tertiary/aromatic N) is 2. The molecule has 3 heteroatoms. The minimum absolute atomic E-state index is 0.304. The molecule has 1 aromatic carbocycles. The van der Waals surface area contributed by atoms with Gasteiger partial charge in [0, 0.05) is 13.0 Å². The van der Waals surface area contributed by atoms with Crippen LogP contribution in [0.25, 0.3) is 11.0 Å². The third-order valence-electron chi connectivity index (χ3n) is 3.84. The van der Waals surface area contributed by atoms with Crippen molar-refractivity contribution in [3.8, 4) is 0 Å². The molecule has 2 unspecified atom stereocenters. The first-order valence-corrected chi connectivity index (χ1v) is 7.29. The molecule has 1 aromatic heterocycles. The molecule has 0 radical (unpaired) electrons. The molecular formula is C16H24N2O. The molecule has 0 saturated heterocycles. The summed E-state index contributed by atoms with van der Waals surface area (Å²) >= 11 is 0. The molecule has 0 aliphatic heterocycles. The number of hydrogen-bond acceptors (Lipinski definition) is 2. The number of hydrogen-bond donors (Lipinski definition) is 1. The lowest BCUT2D eigenvalue weighted by atomic mass is 9.97. The van der Waals surface area contributed by atoms with E-state index in [2.05, 4.69) is 36.4 Å². The average Bonchev–Trinajstić information content (AvgIpc) is 2.75. The molecule has 2 atom stereocenters. The van der Waals surface area contributed by atoms with Gasteiger partial charge in [0.15, 0.2) is 0 Å². The number of aromatic nitrogens is 2. The molecule has 0 aliphatic carbocycles. The fourth-order valence-electron chi connectivity index (χ4n) is 2.67. The molecule has 2 rings (SSSR count). The molecule has 2 aromatic rings. The molecule has 0 fully saturated rings. The van der Waals surface area contributed by atoms with E-state index >= 15 is 0 Å². The summed E-state index contributed by atoms with van der Waals surface area (Å²) < 4.78 is 2.21. The minimum Gasteiger partial charge on any atom is -0.392 e. The lowest BCUT2D eigenvalue weighted by Crippen LogP contribution is -2.22. The smallest absolute Gasteiger partial charge is 0.112 e. The monoisotopic (exact) mass is 260 g/mol. The highest BCUT2D eigenvalue weighted by Gasteiger charge is 2.18. The van der Waals surface area contributed by atoms with Crippen LogP contribution in [0.2, 0.25) is 0 Å². The van der Waals surface area contributed by atoms with Crippen molar-refractivity contribution in [3.05, 3.63) is 30.1 Å². The lowest BCUT2D eigenvalue weighted by molar-refractivity contribution is 0.109. The van der Waals surface area contributed by atoms with Gasteiger partial charge in [-0.05, 0) is 31.4 Å². The van der Waals surface area contributed by atoms with Crippen molar-refractivity contribution in [2.75, 3.05) is 0 Å². The number of aryl methyl sites for hydroxylation is 1. The molecule has 19 heavy (non-hydrogen) atoms. The Balaban J connectivity index is 2.24. The van der Waals surface area contributed by atoms with Gasteiger partial charge in [-0.2, -0.15) is 0 Å². The van der Waals surface area contributed by atoms with E-state index in [0.717, 1.165) is 36.2 Å². The van der Waals surface area contributed by atoms with Crippen molar-refractivity contribution >= 4 is 11.0 Å². The summed E-state index contributed by atoms with van der Waals surface area (Å²) in [4.78, 5) is 4.67. The maximum Gasteiger partial charge on any atom is 0.112 e. The number of benzene rings is 1. The van der Waals surface area contributed by atoms with Gasteiger partial charge in [-0.15, -0.1) is 0 Å².